The molecule has 2 heteroatoms. The van der Waals surface area contributed by atoms with E-state index in [1.807, 2.05) is 12.1 Å². The number of hydrogen-bond acceptors (Lipinski definition) is 2. The smallest absolute Gasteiger partial charge is 0.0235 e. The highest BCUT2D eigenvalue weighted by atomic mass is 15.4. The third-order valence-corrected chi connectivity index (χ3v) is 2.44. The SMILES string of the molecule is CCCCCCC(CC)N(C)N. The molecule has 0 aliphatic heterocycles. The Morgan fingerprint density at radius 3 is 2.25 bits per heavy atom. The van der Waals surface area contributed by atoms with E-state index in [0.29, 0.717) is 6.04 Å². The number of hydrogen-bond donors (Lipinski definition) is 1. The van der Waals surface area contributed by atoms with Crippen molar-refractivity contribution >= 4 is 0 Å². The number of nitrogens with zero attached hydrogens (tertiary/aromatic N) is 1. The summed E-state index contributed by atoms with van der Waals surface area (Å²) in [6.45, 7) is 4.44. The minimum Gasteiger partial charge on any atom is -0.269 e. The fourth-order valence-electron chi connectivity index (χ4n) is 1.50. The Balaban J connectivity index is 3.32. The van der Waals surface area contributed by atoms with Gasteiger partial charge in [0.05, 0.1) is 0 Å². The highest BCUT2D eigenvalue weighted by Gasteiger charge is 2.07. The molecule has 2 N–H and O–H groups in total. The standard InChI is InChI=1S/C10H24N2/c1-4-6-7-8-9-10(5-2)12(3)11/h10H,4-9,11H2,1-3H3. The van der Waals surface area contributed by atoms with Crippen molar-refractivity contribution in [1.29, 1.82) is 0 Å². The highest BCUT2D eigenvalue weighted by molar-refractivity contribution is 4.62. The molecule has 0 aliphatic carbocycles. The predicted octanol–water partition coefficient (Wildman–Crippen LogP) is 2.54. The number of unbranched alkanes of at least 4 members (excludes halogenated alkanes) is 3. The molecule has 0 saturated carbocycles. The van der Waals surface area contributed by atoms with E-state index in [-0.39, 0.29) is 0 Å². The molecular formula is C10H24N2. The van der Waals surface area contributed by atoms with Gasteiger partial charge in [-0.3, -0.25) is 5.84 Å². The van der Waals surface area contributed by atoms with E-state index in [1.165, 1.54) is 38.5 Å². The van der Waals surface area contributed by atoms with Gasteiger partial charge in [-0.05, 0) is 12.8 Å². The maximum atomic E-state index is 5.70. The third-order valence-electron chi connectivity index (χ3n) is 2.44. The summed E-state index contributed by atoms with van der Waals surface area (Å²) >= 11 is 0. The van der Waals surface area contributed by atoms with Crippen molar-refractivity contribution in [2.45, 2.75) is 58.4 Å². The second kappa shape index (κ2) is 7.56. The van der Waals surface area contributed by atoms with Crippen LogP contribution in [0.25, 0.3) is 0 Å². The third kappa shape index (κ3) is 5.56. The van der Waals surface area contributed by atoms with Gasteiger partial charge in [-0.1, -0.05) is 39.5 Å². The predicted molar refractivity (Wildman–Crippen MR) is 54.8 cm³/mol. The van der Waals surface area contributed by atoms with Gasteiger partial charge in [0.2, 0.25) is 0 Å². The van der Waals surface area contributed by atoms with Gasteiger partial charge in [0, 0.05) is 13.1 Å². The molecule has 1 atom stereocenters. The molecule has 0 aromatic carbocycles. The fourth-order valence-corrected chi connectivity index (χ4v) is 1.50. The fraction of sp³-hybridized carbons (Fsp3) is 1.00. The Labute approximate surface area is 77.1 Å². The number of rotatable bonds is 7. The molecule has 0 bridgehead atoms. The van der Waals surface area contributed by atoms with E-state index in [0.717, 1.165) is 0 Å². The van der Waals surface area contributed by atoms with Crippen LogP contribution in [-0.2, 0) is 0 Å². The van der Waals surface area contributed by atoms with Gasteiger partial charge in [-0.15, -0.1) is 0 Å². The van der Waals surface area contributed by atoms with Crippen LogP contribution < -0.4 is 5.84 Å². The molecule has 2 nitrogen and oxygen atoms in total. The molecule has 0 heterocycles. The first-order valence-electron chi connectivity index (χ1n) is 5.19. The zero-order chi connectivity index (χ0) is 9.40. The van der Waals surface area contributed by atoms with E-state index in [1.54, 1.807) is 0 Å². The maximum Gasteiger partial charge on any atom is 0.0235 e. The van der Waals surface area contributed by atoms with Crippen LogP contribution in [-0.4, -0.2) is 18.1 Å². The zero-order valence-electron chi connectivity index (χ0n) is 8.84. The Kier molecular flexibility index (Phi) is 7.51. The first kappa shape index (κ1) is 11.9. The van der Waals surface area contributed by atoms with Crippen molar-refractivity contribution in [1.82, 2.24) is 5.01 Å². The van der Waals surface area contributed by atoms with Crippen LogP contribution in [0.15, 0.2) is 0 Å². The molecule has 0 rings (SSSR count). The van der Waals surface area contributed by atoms with Crippen molar-refractivity contribution in [2.75, 3.05) is 7.05 Å². The van der Waals surface area contributed by atoms with Gasteiger partial charge < -0.3 is 0 Å². The van der Waals surface area contributed by atoms with Crippen LogP contribution in [0.3, 0.4) is 0 Å². The van der Waals surface area contributed by atoms with E-state index in [2.05, 4.69) is 13.8 Å². The monoisotopic (exact) mass is 172 g/mol. The molecule has 0 saturated heterocycles. The molecule has 0 aliphatic rings. The Morgan fingerprint density at radius 2 is 1.83 bits per heavy atom. The summed E-state index contributed by atoms with van der Waals surface area (Å²) < 4.78 is 0. The molecule has 12 heavy (non-hydrogen) atoms. The second-order valence-corrected chi connectivity index (χ2v) is 3.58. The summed E-state index contributed by atoms with van der Waals surface area (Å²) in [5, 5.41) is 1.85. The lowest BCUT2D eigenvalue weighted by atomic mass is 10.1. The Bertz CT molecular complexity index is 91.8. The topological polar surface area (TPSA) is 29.3 Å². The largest absolute Gasteiger partial charge is 0.269 e. The average molecular weight is 172 g/mol. The Morgan fingerprint density at radius 1 is 1.17 bits per heavy atom. The minimum absolute atomic E-state index is 0.585. The number of hydrazine groups is 1. The lowest BCUT2D eigenvalue weighted by molar-refractivity contribution is 0.225. The quantitative estimate of drug-likeness (QED) is 0.363. The van der Waals surface area contributed by atoms with E-state index in [9.17, 15) is 0 Å². The van der Waals surface area contributed by atoms with Gasteiger partial charge in [-0.2, -0.15) is 0 Å². The van der Waals surface area contributed by atoms with Gasteiger partial charge in [0.1, 0.15) is 0 Å². The lowest BCUT2D eigenvalue weighted by Crippen LogP contribution is -2.36. The molecule has 0 aromatic rings. The molecule has 0 aromatic heterocycles. The maximum absolute atomic E-state index is 5.70. The van der Waals surface area contributed by atoms with Gasteiger partial charge in [0.25, 0.3) is 0 Å². The van der Waals surface area contributed by atoms with Crippen molar-refractivity contribution in [3.8, 4) is 0 Å². The molecule has 1 unspecified atom stereocenters. The van der Waals surface area contributed by atoms with Crippen LogP contribution >= 0.6 is 0 Å². The second-order valence-electron chi connectivity index (χ2n) is 3.58. The molecule has 0 radical (unpaired) electrons. The summed E-state index contributed by atoms with van der Waals surface area (Å²) in [7, 11) is 1.97. The lowest BCUT2D eigenvalue weighted by Gasteiger charge is -2.21. The van der Waals surface area contributed by atoms with Crippen LogP contribution in [0.4, 0.5) is 0 Å². The van der Waals surface area contributed by atoms with Gasteiger partial charge in [-0.25, -0.2) is 5.01 Å². The van der Waals surface area contributed by atoms with Crippen molar-refractivity contribution in [3.05, 3.63) is 0 Å². The van der Waals surface area contributed by atoms with Crippen molar-refractivity contribution in [2.24, 2.45) is 5.84 Å². The molecular weight excluding hydrogens is 148 g/mol. The summed E-state index contributed by atoms with van der Waals surface area (Å²) in [6, 6.07) is 0.585. The van der Waals surface area contributed by atoms with Crippen molar-refractivity contribution in [3.63, 3.8) is 0 Å². The van der Waals surface area contributed by atoms with Gasteiger partial charge >= 0.3 is 0 Å². The van der Waals surface area contributed by atoms with E-state index < -0.39 is 0 Å². The highest BCUT2D eigenvalue weighted by Crippen LogP contribution is 2.10. The van der Waals surface area contributed by atoms with Crippen LogP contribution in [0.2, 0.25) is 0 Å². The van der Waals surface area contributed by atoms with Crippen LogP contribution in [0.5, 0.6) is 0 Å². The molecule has 74 valence electrons. The van der Waals surface area contributed by atoms with Gasteiger partial charge in [0.15, 0.2) is 0 Å². The van der Waals surface area contributed by atoms with Crippen LogP contribution in [0.1, 0.15) is 52.4 Å². The Hall–Kier alpha value is -0.0800. The number of nitrogens with two attached hydrogens (primary N) is 1. The van der Waals surface area contributed by atoms with Crippen molar-refractivity contribution < 1.29 is 0 Å². The molecule has 0 amide bonds. The summed E-state index contributed by atoms with van der Waals surface area (Å²) in [5.41, 5.74) is 0. The first-order valence-corrected chi connectivity index (χ1v) is 5.19. The first-order chi connectivity index (χ1) is 5.72. The summed E-state index contributed by atoms with van der Waals surface area (Å²) in [6.07, 6.45) is 7.79. The average Bonchev–Trinajstić information content (AvgIpc) is 2.04. The van der Waals surface area contributed by atoms with E-state index in [4.69, 9.17) is 5.84 Å². The van der Waals surface area contributed by atoms with E-state index >= 15 is 0 Å². The normalized spacial score (nSPS) is 13.8. The molecule has 0 fully saturated rings. The molecule has 0 spiro atoms. The minimum atomic E-state index is 0.585. The zero-order valence-corrected chi connectivity index (χ0v) is 8.84. The van der Waals surface area contributed by atoms with Crippen LogP contribution in [0, 0.1) is 0 Å². The summed E-state index contributed by atoms with van der Waals surface area (Å²) in [5.74, 6) is 5.70. The summed E-state index contributed by atoms with van der Waals surface area (Å²) in [4.78, 5) is 0.